The number of rotatable bonds is 4. The first-order valence-corrected chi connectivity index (χ1v) is 5.57. The van der Waals surface area contributed by atoms with Gasteiger partial charge in [0.05, 0.1) is 13.2 Å². The van der Waals surface area contributed by atoms with Gasteiger partial charge in [-0.05, 0) is 18.4 Å². The van der Waals surface area contributed by atoms with E-state index in [1.165, 1.54) is 0 Å². The first-order chi connectivity index (χ1) is 7.85. The highest BCUT2D eigenvalue weighted by Gasteiger charge is 2.33. The quantitative estimate of drug-likeness (QED) is 0.727. The zero-order valence-electron chi connectivity index (χ0n) is 9.22. The number of ether oxygens (including phenoxy) is 2. The average Bonchev–Trinajstić information content (AvgIpc) is 2.39. The van der Waals surface area contributed by atoms with Crippen LogP contribution < -0.4 is 0 Å². The predicted molar refractivity (Wildman–Crippen MR) is 60.1 cm³/mol. The van der Waals surface area contributed by atoms with E-state index in [0.29, 0.717) is 13.2 Å². The molecule has 0 amide bonds. The molecule has 1 fully saturated rings. The van der Waals surface area contributed by atoms with Crippen LogP contribution in [0, 0.1) is 0 Å². The Hall–Kier alpha value is -1.19. The molecule has 2 rings (SSSR count). The molecular formula is C13H16O3. The lowest BCUT2D eigenvalue weighted by molar-refractivity contribution is -0.154. The predicted octanol–water partition coefficient (Wildman–Crippen LogP) is 1.95. The standard InChI is InChI=1S/C13H16O3/c14-10-13(7-4-8-15-11-13)16-9-12-5-2-1-3-6-12/h1-3,5-6,10H,4,7-9,11H2. The molecule has 16 heavy (non-hydrogen) atoms. The summed E-state index contributed by atoms with van der Waals surface area (Å²) in [6, 6.07) is 9.86. The lowest BCUT2D eigenvalue weighted by Crippen LogP contribution is -2.42. The molecule has 1 saturated heterocycles. The molecular weight excluding hydrogens is 204 g/mol. The van der Waals surface area contributed by atoms with Crippen LogP contribution in [-0.2, 0) is 20.9 Å². The van der Waals surface area contributed by atoms with Gasteiger partial charge in [0.2, 0.25) is 0 Å². The zero-order valence-corrected chi connectivity index (χ0v) is 9.22. The van der Waals surface area contributed by atoms with E-state index in [0.717, 1.165) is 31.3 Å². The van der Waals surface area contributed by atoms with Crippen LogP contribution in [-0.4, -0.2) is 25.1 Å². The Kier molecular flexibility index (Phi) is 3.70. The second-order valence-corrected chi connectivity index (χ2v) is 4.11. The van der Waals surface area contributed by atoms with Gasteiger partial charge < -0.3 is 14.3 Å². The average molecular weight is 220 g/mol. The van der Waals surface area contributed by atoms with Crippen LogP contribution in [0.15, 0.2) is 30.3 Å². The van der Waals surface area contributed by atoms with Crippen LogP contribution in [0.1, 0.15) is 18.4 Å². The molecule has 0 radical (unpaired) electrons. The first kappa shape index (κ1) is 11.3. The minimum Gasteiger partial charge on any atom is -0.378 e. The molecule has 1 unspecified atom stereocenters. The third-order valence-electron chi connectivity index (χ3n) is 2.82. The summed E-state index contributed by atoms with van der Waals surface area (Å²) in [4.78, 5) is 11.1. The molecule has 1 aromatic rings. The summed E-state index contributed by atoms with van der Waals surface area (Å²) < 4.78 is 11.0. The molecule has 0 aromatic heterocycles. The van der Waals surface area contributed by atoms with E-state index in [1.807, 2.05) is 30.3 Å². The fourth-order valence-corrected chi connectivity index (χ4v) is 1.83. The highest BCUT2D eigenvalue weighted by Crippen LogP contribution is 2.22. The Morgan fingerprint density at radius 3 is 2.81 bits per heavy atom. The maximum Gasteiger partial charge on any atom is 0.154 e. The molecule has 0 N–H and O–H groups in total. The van der Waals surface area contributed by atoms with E-state index in [4.69, 9.17) is 9.47 Å². The van der Waals surface area contributed by atoms with Crippen molar-refractivity contribution in [2.24, 2.45) is 0 Å². The molecule has 0 aliphatic carbocycles. The van der Waals surface area contributed by atoms with Gasteiger partial charge >= 0.3 is 0 Å². The second kappa shape index (κ2) is 5.23. The van der Waals surface area contributed by atoms with Crippen molar-refractivity contribution < 1.29 is 14.3 Å². The minimum absolute atomic E-state index is 0.378. The molecule has 0 spiro atoms. The number of aldehydes is 1. The van der Waals surface area contributed by atoms with Crippen molar-refractivity contribution in [2.45, 2.75) is 25.0 Å². The van der Waals surface area contributed by atoms with Gasteiger partial charge in [-0.15, -0.1) is 0 Å². The van der Waals surface area contributed by atoms with Gasteiger partial charge in [0, 0.05) is 6.61 Å². The fraction of sp³-hybridized carbons (Fsp3) is 0.462. The number of hydrogen-bond donors (Lipinski definition) is 0. The smallest absolute Gasteiger partial charge is 0.154 e. The van der Waals surface area contributed by atoms with Gasteiger partial charge in [0.15, 0.2) is 6.29 Å². The summed E-state index contributed by atoms with van der Waals surface area (Å²) in [5.41, 5.74) is 0.350. The summed E-state index contributed by atoms with van der Waals surface area (Å²) in [7, 11) is 0. The highest BCUT2D eigenvalue weighted by atomic mass is 16.5. The normalized spacial score (nSPS) is 25.2. The third kappa shape index (κ3) is 2.68. The van der Waals surface area contributed by atoms with Crippen molar-refractivity contribution in [1.29, 1.82) is 0 Å². The van der Waals surface area contributed by atoms with Gasteiger partial charge in [0.1, 0.15) is 5.60 Å². The summed E-state index contributed by atoms with van der Waals surface area (Å²) >= 11 is 0. The van der Waals surface area contributed by atoms with Crippen molar-refractivity contribution >= 4 is 6.29 Å². The Bertz CT molecular complexity index is 328. The van der Waals surface area contributed by atoms with E-state index < -0.39 is 5.60 Å². The lowest BCUT2D eigenvalue weighted by atomic mass is 9.98. The summed E-state index contributed by atoms with van der Waals surface area (Å²) in [6.45, 7) is 1.57. The van der Waals surface area contributed by atoms with E-state index in [2.05, 4.69) is 0 Å². The van der Waals surface area contributed by atoms with Gasteiger partial charge in [-0.3, -0.25) is 0 Å². The largest absolute Gasteiger partial charge is 0.378 e. The van der Waals surface area contributed by atoms with Crippen molar-refractivity contribution in [3.8, 4) is 0 Å². The van der Waals surface area contributed by atoms with Crippen LogP contribution >= 0.6 is 0 Å². The monoisotopic (exact) mass is 220 g/mol. The highest BCUT2D eigenvalue weighted by molar-refractivity contribution is 5.63. The molecule has 1 aliphatic heterocycles. The zero-order chi connectivity index (χ0) is 11.3. The third-order valence-corrected chi connectivity index (χ3v) is 2.82. The number of carbonyl (C=O) groups is 1. The number of hydrogen-bond acceptors (Lipinski definition) is 3. The second-order valence-electron chi connectivity index (χ2n) is 4.11. The number of carbonyl (C=O) groups excluding carboxylic acids is 1. The lowest BCUT2D eigenvalue weighted by Gasteiger charge is -2.31. The van der Waals surface area contributed by atoms with Crippen LogP contribution in [0.4, 0.5) is 0 Å². The Labute approximate surface area is 95.4 Å². The molecule has 0 bridgehead atoms. The molecule has 1 aromatic carbocycles. The van der Waals surface area contributed by atoms with Crippen molar-refractivity contribution in [3.05, 3.63) is 35.9 Å². The van der Waals surface area contributed by atoms with Crippen LogP contribution in [0.5, 0.6) is 0 Å². The van der Waals surface area contributed by atoms with Crippen LogP contribution in [0.25, 0.3) is 0 Å². The Balaban J connectivity index is 1.94. The van der Waals surface area contributed by atoms with E-state index in [-0.39, 0.29) is 0 Å². The van der Waals surface area contributed by atoms with Crippen LogP contribution in [0.2, 0.25) is 0 Å². The van der Waals surface area contributed by atoms with Crippen LogP contribution in [0.3, 0.4) is 0 Å². The van der Waals surface area contributed by atoms with Crippen molar-refractivity contribution in [2.75, 3.05) is 13.2 Å². The van der Waals surface area contributed by atoms with E-state index >= 15 is 0 Å². The summed E-state index contributed by atoms with van der Waals surface area (Å²) in [5.74, 6) is 0. The van der Waals surface area contributed by atoms with Crippen molar-refractivity contribution in [1.82, 2.24) is 0 Å². The molecule has 1 atom stereocenters. The van der Waals surface area contributed by atoms with Gasteiger partial charge in [-0.25, -0.2) is 0 Å². The SMILES string of the molecule is O=CC1(OCc2ccccc2)CCCOC1. The fourth-order valence-electron chi connectivity index (χ4n) is 1.83. The topological polar surface area (TPSA) is 35.5 Å². The Morgan fingerprint density at radius 2 is 2.19 bits per heavy atom. The van der Waals surface area contributed by atoms with Gasteiger partial charge in [0.25, 0.3) is 0 Å². The van der Waals surface area contributed by atoms with Crippen molar-refractivity contribution in [3.63, 3.8) is 0 Å². The Morgan fingerprint density at radius 1 is 1.38 bits per heavy atom. The van der Waals surface area contributed by atoms with Gasteiger partial charge in [-0.2, -0.15) is 0 Å². The summed E-state index contributed by atoms with van der Waals surface area (Å²) in [6.07, 6.45) is 2.52. The maximum atomic E-state index is 11.1. The molecule has 0 saturated carbocycles. The molecule has 3 heteroatoms. The summed E-state index contributed by atoms with van der Waals surface area (Å²) in [5, 5.41) is 0. The first-order valence-electron chi connectivity index (χ1n) is 5.57. The van der Waals surface area contributed by atoms with Gasteiger partial charge in [-0.1, -0.05) is 30.3 Å². The molecule has 1 aliphatic rings. The van der Waals surface area contributed by atoms with E-state index in [9.17, 15) is 4.79 Å². The molecule has 1 heterocycles. The molecule has 86 valence electrons. The van der Waals surface area contributed by atoms with E-state index in [1.54, 1.807) is 0 Å². The maximum absolute atomic E-state index is 11.1. The number of benzene rings is 1. The minimum atomic E-state index is -0.728. The molecule has 3 nitrogen and oxygen atoms in total.